The zero-order valence-electron chi connectivity index (χ0n) is 42.6. The number of carbonyl (C=O) groups excluding carboxylic acids is 3. The highest BCUT2D eigenvalue weighted by Gasteiger charge is 2.40. The van der Waals surface area contributed by atoms with Crippen molar-refractivity contribution in [2.75, 3.05) is 47.1 Å². The van der Waals surface area contributed by atoms with E-state index in [0.717, 1.165) is 25.3 Å². The molecule has 0 aliphatic carbocycles. The summed E-state index contributed by atoms with van der Waals surface area (Å²) in [6.07, 6.45) is 0.855. The molecule has 0 spiro atoms. The molecule has 76 heavy (non-hydrogen) atoms. The molecule has 1 saturated heterocycles. The third-order valence-electron chi connectivity index (χ3n) is 11.6. The Morgan fingerprint density at radius 3 is 1.70 bits per heavy atom. The van der Waals surface area contributed by atoms with Crippen LogP contribution in [0.4, 0.5) is 0 Å². The quantitative estimate of drug-likeness (QED) is 0.0592. The number of benzene rings is 5. The first-order chi connectivity index (χ1) is 36.2. The van der Waals surface area contributed by atoms with Crippen LogP contribution in [0.15, 0.2) is 131 Å². The normalized spacial score (nSPS) is 14.0. The fourth-order valence-corrected chi connectivity index (χ4v) is 10.3. The molecule has 0 radical (unpaired) electrons. The van der Waals surface area contributed by atoms with Crippen molar-refractivity contribution in [2.24, 2.45) is 0 Å². The Balaban J connectivity index is 0.000000296. The Morgan fingerprint density at radius 2 is 1.20 bits per heavy atom. The summed E-state index contributed by atoms with van der Waals surface area (Å²) >= 11 is 0. The molecule has 0 aromatic heterocycles. The Bertz CT molecular complexity index is 3160. The molecule has 1 heterocycles. The number of carboxylic acids is 2. The number of sulfonamides is 2. The van der Waals surface area contributed by atoms with Gasteiger partial charge in [-0.25, -0.2) is 31.2 Å². The molecule has 20 heteroatoms. The van der Waals surface area contributed by atoms with Crippen molar-refractivity contribution in [1.29, 1.82) is 0 Å². The van der Waals surface area contributed by atoms with Crippen LogP contribution in [0.2, 0.25) is 0 Å². The van der Waals surface area contributed by atoms with Crippen molar-refractivity contribution >= 4 is 49.8 Å². The summed E-state index contributed by atoms with van der Waals surface area (Å²) in [5, 5.41) is 24.2. The third-order valence-corrected chi connectivity index (χ3v) is 15.4. The van der Waals surface area contributed by atoms with Crippen LogP contribution in [0, 0.1) is 37.5 Å². The molecule has 2 amide bonds. The predicted octanol–water partition coefficient (Wildman–Crippen LogP) is 4.99. The zero-order chi connectivity index (χ0) is 55.4. The van der Waals surface area contributed by atoms with Gasteiger partial charge in [-0.2, -0.15) is 8.61 Å². The van der Waals surface area contributed by atoms with Crippen LogP contribution >= 0.6 is 0 Å². The summed E-state index contributed by atoms with van der Waals surface area (Å²) in [5.41, 5.74) is 5.05. The summed E-state index contributed by atoms with van der Waals surface area (Å²) in [4.78, 5) is 61.1. The van der Waals surface area contributed by atoms with Gasteiger partial charge >= 0.3 is 17.9 Å². The van der Waals surface area contributed by atoms with E-state index in [2.05, 4.69) is 34.3 Å². The van der Waals surface area contributed by atoms with Crippen LogP contribution in [0.5, 0.6) is 5.75 Å². The molecule has 1 aliphatic heterocycles. The molecule has 0 saturated carbocycles. The molecule has 3 atom stereocenters. The Labute approximate surface area is 443 Å². The minimum Gasteiger partial charge on any atom is -0.481 e. The number of nitrogens with zero attached hydrogens (tertiary/aromatic N) is 2. The number of aliphatic carboxylic acids is 2. The number of hydrogen-bond donors (Lipinski definition) is 4. The number of carbonyl (C=O) groups is 5. The van der Waals surface area contributed by atoms with E-state index >= 15 is 0 Å². The average molecular weight is 1080 g/mol. The fraction of sp³-hybridized carbons (Fsp3) is 0.304. The summed E-state index contributed by atoms with van der Waals surface area (Å²) in [7, 11) is -4.97. The van der Waals surface area contributed by atoms with Crippen molar-refractivity contribution < 1.29 is 65.2 Å². The van der Waals surface area contributed by atoms with E-state index < -0.39 is 74.4 Å². The number of ether oxygens (including phenoxy) is 3. The van der Waals surface area contributed by atoms with Crippen LogP contribution < -0.4 is 15.4 Å². The molecular weight excluding hydrogens is 1020 g/mol. The van der Waals surface area contributed by atoms with E-state index in [1.165, 1.54) is 31.3 Å². The number of methoxy groups -OCH3 is 1. The summed E-state index contributed by atoms with van der Waals surface area (Å²) < 4.78 is 69.1. The highest BCUT2D eigenvalue weighted by atomic mass is 32.2. The molecular formula is C56H60N4O14S2. The van der Waals surface area contributed by atoms with Gasteiger partial charge in [0.05, 0.1) is 28.5 Å². The Morgan fingerprint density at radius 1 is 0.697 bits per heavy atom. The number of carboxylic acid groups (broad SMARTS) is 2. The predicted molar refractivity (Wildman–Crippen MR) is 282 cm³/mol. The third kappa shape index (κ3) is 17.4. The molecule has 4 N–H and O–H groups in total. The van der Waals surface area contributed by atoms with Gasteiger partial charge < -0.3 is 35.1 Å². The molecule has 5 aromatic carbocycles. The highest BCUT2D eigenvalue weighted by molar-refractivity contribution is 7.89. The number of rotatable bonds is 20. The van der Waals surface area contributed by atoms with Crippen LogP contribution in [-0.4, -0.2) is 131 Å². The summed E-state index contributed by atoms with van der Waals surface area (Å²) in [5.74, 6) is 7.98. The first-order valence-electron chi connectivity index (χ1n) is 23.9. The van der Waals surface area contributed by atoms with Gasteiger partial charge in [0.25, 0.3) is 0 Å². The van der Waals surface area contributed by atoms with E-state index in [9.17, 15) is 51.0 Å². The van der Waals surface area contributed by atoms with Crippen LogP contribution in [0.3, 0.4) is 0 Å². The Hall–Kier alpha value is -7.85. The van der Waals surface area contributed by atoms with Crippen molar-refractivity contribution in [3.05, 3.63) is 160 Å². The second-order valence-electron chi connectivity index (χ2n) is 17.4. The highest BCUT2D eigenvalue weighted by Crippen LogP contribution is 2.27. The van der Waals surface area contributed by atoms with Gasteiger partial charge in [-0.3, -0.25) is 9.59 Å². The fourth-order valence-electron chi connectivity index (χ4n) is 7.51. The number of amides is 2. The van der Waals surface area contributed by atoms with E-state index in [1.807, 2.05) is 13.8 Å². The largest absolute Gasteiger partial charge is 0.481 e. The summed E-state index contributed by atoms with van der Waals surface area (Å²) in [6, 6.07) is 29.7. The molecule has 1 fully saturated rings. The minimum absolute atomic E-state index is 0.0110. The number of aryl methyl sites for hydroxylation is 2. The van der Waals surface area contributed by atoms with Crippen LogP contribution in [0.1, 0.15) is 63.5 Å². The first kappa shape index (κ1) is 59.0. The topological polar surface area (TPSA) is 252 Å². The van der Waals surface area contributed by atoms with Gasteiger partial charge in [0.15, 0.2) is 0 Å². The van der Waals surface area contributed by atoms with Crippen molar-refractivity contribution in [3.63, 3.8) is 0 Å². The lowest BCUT2D eigenvalue weighted by molar-refractivity contribution is -0.142. The van der Waals surface area contributed by atoms with Gasteiger partial charge in [-0.1, -0.05) is 83.3 Å². The lowest BCUT2D eigenvalue weighted by atomic mass is 10.0. The Kier molecular flexibility index (Phi) is 21.9. The standard InChI is InChI=1S/C33H34N2O8S.C23H26N2O6S/c1-3-42-33(39)26-14-16-27(17-15-26)43-21-5-6-24-10-12-25(13-11-24)22-29(32(37)38)34-31(36)30-7-4-20-35(30)44(40,41)28-18-8-23(2)9-19-28;1-17-6-12-20(13-7-17)32(29,30)25(2)16-22(26)24-21(23(27)28)15-19-10-8-18(9-11-19)5-4-14-31-3/h8-19,29-30H,3-4,7,20-22H2,1-2H3,(H,34,36)(H,37,38);6-13,21H,14-16H2,1-3H3,(H,24,26)(H,27,28)/t29?,30-;/m0./s1. The monoisotopic (exact) mass is 1080 g/mol. The SMILES string of the molecule is CCOC(=O)c1ccc(OCC#Cc2ccc(CC(NC(=O)[C@@H]3CCCN3S(=O)(=O)c3ccc(C)cc3)C(=O)O)cc2)cc1.COCC#Cc1ccc(CC(NC(=O)CN(C)S(=O)(=O)c2ccc(C)cc2)C(=O)O)cc1. The number of nitrogens with one attached hydrogen (secondary N) is 2. The molecule has 2 unspecified atom stereocenters. The maximum absolute atomic E-state index is 13.2. The molecule has 1 aliphatic rings. The maximum atomic E-state index is 13.2. The van der Waals surface area contributed by atoms with E-state index in [4.69, 9.17) is 14.2 Å². The molecule has 400 valence electrons. The smallest absolute Gasteiger partial charge is 0.338 e. The van der Waals surface area contributed by atoms with Crippen molar-refractivity contribution in [3.8, 4) is 29.4 Å². The molecule has 5 aromatic rings. The first-order valence-corrected chi connectivity index (χ1v) is 26.8. The molecule has 6 rings (SSSR count). The second-order valence-corrected chi connectivity index (χ2v) is 21.3. The number of hydrogen-bond acceptors (Lipinski definition) is 12. The molecule has 18 nitrogen and oxygen atoms in total. The minimum atomic E-state index is -3.92. The van der Waals surface area contributed by atoms with E-state index in [0.29, 0.717) is 54.1 Å². The van der Waals surface area contributed by atoms with Gasteiger partial charge in [-0.05, 0) is 118 Å². The average Bonchev–Trinajstić information content (AvgIpc) is 3.91. The number of likely N-dealkylation sites (N-methyl/N-ethyl adjacent to an activating group) is 1. The van der Waals surface area contributed by atoms with Gasteiger partial charge in [0.2, 0.25) is 31.9 Å². The lowest BCUT2D eigenvalue weighted by Crippen LogP contribution is -2.51. The van der Waals surface area contributed by atoms with E-state index in [-0.39, 0.29) is 35.8 Å². The van der Waals surface area contributed by atoms with Gasteiger partial charge in [-0.15, -0.1) is 0 Å². The number of esters is 1. The second kappa shape index (κ2) is 28.2. The lowest BCUT2D eigenvalue weighted by Gasteiger charge is -2.25. The summed E-state index contributed by atoms with van der Waals surface area (Å²) in [6.45, 7) is 5.83. The van der Waals surface area contributed by atoms with Crippen molar-refractivity contribution in [1.82, 2.24) is 19.2 Å². The maximum Gasteiger partial charge on any atom is 0.338 e. The van der Waals surface area contributed by atoms with E-state index in [1.54, 1.807) is 111 Å². The van der Waals surface area contributed by atoms with Crippen LogP contribution in [0.25, 0.3) is 0 Å². The zero-order valence-corrected chi connectivity index (χ0v) is 44.3. The van der Waals surface area contributed by atoms with Crippen molar-refractivity contribution in [2.45, 2.75) is 74.4 Å². The van der Waals surface area contributed by atoms with Crippen LogP contribution in [-0.2, 0) is 61.5 Å². The molecule has 0 bridgehead atoms. The van der Waals surface area contributed by atoms with Gasteiger partial charge in [0, 0.05) is 44.7 Å². The van der Waals surface area contributed by atoms with Gasteiger partial charge in [0.1, 0.15) is 37.1 Å².